The monoisotopic (exact) mass is 277 g/mol. The molecule has 0 atom stereocenters. The van der Waals surface area contributed by atoms with Crippen LogP contribution in [0.25, 0.3) is 5.41 Å². The quantitative estimate of drug-likeness (QED) is 0.449. The molecular formula is CNOVW-. The largest absolute Gasteiger partial charge is 0.724 e. The molecular weight excluding hydrogens is 277 g/mol. The van der Waals surface area contributed by atoms with E-state index in [1.807, 2.05) is 0 Å². The normalized spacial score (nSPS) is 1.60. The van der Waals surface area contributed by atoms with Crippen molar-refractivity contribution in [2.75, 3.05) is 0 Å². The number of hydrogen-bond donors (Lipinski definition) is 0. The summed E-state index contributed by atoms with van der Waals surface area (Å²) in [5.41, 5.74) is 0. The molecule has 27 valence electrons. The summed E-state index contributed by atoms with van der Waals surface area (Å²) in [6, 6.07) is 0. The predicted octanol–water partition coefficient (Wildman–Crippen LogP) is -0.113. The Balaban J connectivity index is -0.0000000200. The molecule has 0 aromatic rings. The second-order valence-corrected chi connectivity index (χ2v) is 0.0913. The third kappa shape index (κ3) is 76.8. The summed E-state index contributed by atoms with van der Waals surface area (Å²) in [7, 11) is 0. The molecule has 0 rings (SSSR count). The zero-order chi connectivity index (χ0) is 2.71. The molecule has 0 aromatic carbocycles. The van der Waals surface area contributed by atoms with Crippen molar-refractivity contribution in [2.24, 2.45) is 0 Å². The van der Waals surface area contributed by atoms with E-state index in [0.717, 1.165) is 0 Å². The van der Waals surface area contributed by atoms with Gasteiger partial charge < -0.3 is 5.41 Å². The van der Waals surface area contributed by atoms with Gasteiger partial charge in [-0.1, -0.05) is 0 Å². The van der Waals surface area contributed by atoms with Crippen LogP contribution >= 0.6 is 0 Å². The summed E-state index contributed by atoms with van der Waals surface area (Å²) in [5, 5.41) is 6.76. The number of hydrogen-bond acceptors (Lipinski definition) is 1. The summed E-state index contributed by atoms with van der Waals surface area (Å²) in [6.07, 6.45) is 0.500. The minimum Gasteiger partial charge on any atom is -0.724 e. The molecule has 0 saturated heterocycles. The van der Waals surface area contributed by atoms with Gasteiger partial charge in [0.15, 0.2) is 0 Å². The van der Waals surface area contributed by atoms with Crippen molar-refractivity contribution in [3.05, 3.63) is 5.41 Å². The van der Waals surface area contributed by atoms with Crippen LogP contribution in [0.3, 0.4) is 0 Å². The Labute approximate surface area is 56.0 Å². The smallest absolute Gasteiger partial charge is 0 e. The maximum Gasteiger partial charge on any atom is 0 e. The first kappa shape index (κ1) is 17.4. The molecule has 0 unspecified atom stereocenters. The van der Waals surface area contributed by atoms with Gasteiger partial charge in [0.1, 0.15) is 0 Å². The Morgan fingerprint density at radius 1 is 1.60 bits per heavy atom. The summed E-state index contributed by atoms with van der Waals surface area (Å²) in [4.78, 5) is 8.24. The van der Waals surface area contributed by atoms with E-state index < -0.39 is 0 Å². The van der Waals surface area contributed by atoms with Gasteiger partial charge in [0, 0.05) is 39.6 Å². The second-order valence-electron chi connectivity index (χ2n) is 0.0913. The van der Waals surface area contributed by atoms with E-state index in [2.05, 4.69) is 0 Å². The van der Waals surface area contributed by atoms with Gasteiger partial charge in [-0.15, -0.1) is 0 Å². The van der Waals surface area contributed by atoms with Crippen LogP contribution in [0.4, 0.5) is 0 Å². The fourth-order valence-electron chi connectivity index (χ4n) is 0. The molecule has 4 heteroatoms. The molecule has 0 amide bonds. The van der Waals surface area contributed by atoms with Crippen LogP contribution in [0.15, 0.2) is 0 Å². The minimum absolute atomic E-state index is 0. The zero-order valence-electron chi connectivity index (χ0n) is 2.21. The molecule has 1 radical (unpaired) electrons. The third-order valence-corrected chi connectivity index (χ3v) is 0. The number of rotatable bonds is 0. The number of isocyanates is 1. The van der Waals surface area contributed by atoms with Crippen LogP contribution in [0, 0.1) is 0 Å². The Hall–Kier alpha value is 0.653. The van der Waals surface area contributed by atoms with Gasteiger partial charge in [0.2, 0.25) is 0 Å². The van der Waals surface area contributed by atoms with Crippen molar-refractivity contribution in [2.45, 2.75) is 0 Å². The zero-order valence-corrected chi connectivity index (χ0v) is 6.54. The average molecular weight is 277 g/mol. The molecule has 0 N–H and O–H groups in total. The van der Waals surface area contributed by atoms with Crippen LogP contribution < -0.4 is 0 Å². The Kier molecular flexibility index (Phi) is 79.0. The molecule has 5 heavy (non-hydrogen) atoms. The van der Waals surface area contributed by atoms with Gasteiger partial charge in [-0.2, -0.15) is 0 Å². The Morgan fingerprint density at radius 2 is 1.60 bits per heavy atom. The second kappa shape index (κ2) is 22.7. The van der Waals surface area contributed by atoms with Gasteiger partial charge in [-0.25, -0.2) is 0 Å². The third-order valence-electron chi connectivity index (χ3n) is 0. The molecule has 0 aliphatic rings. The SMILES string of the molecule is [N-]=C=O.[V].[W]. The fourth-order valence-corrected chi connectivity index (χ4v) is 0. The molecule has 0 spiro atoms. The topological polar surface area (TPSA) is 39.4 Å². The van der Waals surface area contributed by atoms with Crippen molar-refractivity contribution in [1.29, 1.82) is 0 Å². The van der Waals surface area contributed by atoms with E-state index in [9.17, 15) is 0 Å². The number of nitrogens with zero attached hydrogens (tertiary/aromatic N) is 1. The first-order chi connectivity index (χ1) is 1.41. The average Bonchev–Trinajstić information content (AvgIpc) is 0.918. The summed E-state index contributed by atoms with van der Waals surface area (Å²) in [6.45, 7) is 0. The van der Waals surface area contributed by atoms with Gasteiger partial charge in [0.05, 0.1) is 0 Å². The molecule has 0 heterocycles. The van der Waals surface area contributed by atoms with E-state index in [-0.39, 0.29) is 39.6 Å². The summed E-state index contributed by atoms with van der Waals surface area (Å²) in [5.74, 6) is 0. The van der Waals surface area contributed by atoms with Gasteiger partial charge in [-0.05, 0) is 6.08 Å². The van der Waals surface area contributed by atoms with Gasteiger partial charge in [-0.3, -0.25) is 4.79 Å². The molecule has 0 aromatic heterocycles. The van der Waals surface area contributed by atoms with E-state index in [1.54, 1.807) is 0 Å². The van der Waals surface area contributed by atoms with Crippen LogP contribution in [0.5, 0.6) is 0 Å². The van der Waals surface area contributed by atoms with E-state index >= 15 is 0 Å². The summed E-state index contributed by atoms with van der Waals surface area (Å²) >= 11 is 0. The van der Waals surface area contributed by atoms with Crippen molar-refractivity contribution in [1.82, 2.24) is 0 Å². The Morgan fingerprint density at radius 3 is 1.60 bits per heavy atom. The summed E-state index contributed by atoms with van der Waals surface area (Å²) < 4.78 is 0. The molecule has 2 nitrogen and oxygen atoms in total. The molecule has 0 aliphatic heterocycles. The first-order valence-electron chi connectivity index (χ1n) is 0.428. The van der Waals surface area contributed by atoms with Crippen LogP contribution in [0.2, 0.25) is 0 Å². The first-order valence-corrected chi connectivity index (χ1v) is 0.428. The van der Waals surface area contributed by atoms with Crippen LogP contribution in [0.1, 0.15) is 0 Å². The molecule has 0 saturated carbocycles. The maximum absolute atomic E-state index is 8.24. The minimum atomic E-state index is 0. The number of carbonyl (C=O) groups excluding carboxylic acids is 1. The Bertz CT molecular complexity index is 32.6. The molecule has 0 bridgehead atoms. The van der Waals surface area contributed by atoms with Crippen LogP contribution in [-0.2, 0) is 44.4 Å². The van der Waals surface area contributed by atoms with Crippen molar-refractivity contribution < 1.29 is 44.4 Å². The van der Waals surface area contributed by atoms with E-state index in [4.69, 9.17) is 10.2 Å². The standard InChI is InChI=1S/CNO.V.W/c2-1-3;;/q-1;;. The van der Waals surface area contributed by atoms with E-state index in [0.29, 0.717) is 6.08 Å². The van der Waals surface area contributed by atoms with Crippen molar-refractivity contribution >= 4 is 6.08 Å². The van der Waals surface area contributed by atoms with Crippen molar-refractivity contribution in [3.8, 4) is 0 Å². The van der Waals surface area contributed by atoms with E-state index in [1.165, 1.54) is 0 Å². The fraction of sp³-hybridized carbons (Fsp3) is 0. The van der Waals surface area contributed by atoms with Crippen molar-refractivity contribution in [3.63, 3.8) is 0 Å². The maximum atomic E-state index is 8.24. The molecule has 0 fully saturated rings. The molecule has 0 aliphatic carbocycles. The van der Waals surface area contributed by atoms with Gasteiger partial charge >= 0.3 is 0 Å². The van der Waals surface area contributed by atoms with Gasteiger partial charge in [0.25, 0.3) is 0 Å². The van der Waals surface area contributed by atoms with Crippen LogP contribution in [-0.4, -0.2) is 6.08 Å². The predicted molar refractivity (Wildman–Crippen MR) is 9.05 cm³/mol.